The summed E-state index contributed by atoms with van der Waals surface area (Å²) in [7, 11) is 0. The van der Waals surface area contributed by atoms with Crippen LogP contribution >= 0.6 is 0 Å². The number of rotatable bonds is 3. The monoisotopic (exact) mass is 585 g/mol. The van der Waals surface area contributed by atoms with Crippen molar-refractivity contribution in [2.24, 2.45) is 0 Å². The van der Waals surface area contributed by atoms with Crippen LogP contribution in [0.4, 0.5) is 0 Å². The molecule has 3 N–H and O–H groups in total. The molecule has 0 atom stereocenters. The summed E-state index contributed by atoms with van der Waals surface area (Å²) in [5, 5.41) is 0. The van der Waals surface area contributed by atoms with E-state index >= 15 is 0 Å². The standard InChI is InChI=1S/C7H15N.C6H13NO.C6H13N.3Rb/c1-2-8-6-4-3-5-7-8;1-2-7-3-5-8-6-4-7;1-2-7-5-3-4-6-7;;;/h2-7H2,1H3;2-6H2,1H3;2-6H2,1H3;;;/q;;;3*+1/p+3. The SMILES string of the molecule is CC[NH+]1CCCC1.CC[NH+]1CCCCC1.CC[NH+]1CCOCC1.[Rb+].[Rb+].[Rb+]. The fraction of sp³-hybridized carbons (Fsp3) is 1.00. The first kappa shape index (κ1) is 35.8. The van der Waals surface area contributed by atoms with Crippen molar-refractivity contribution in [3.63, 3.8) is 0 Å². The molecule has 7 heteroatoms. The Morgan fingerprint density at radius 1 is 0.500 bits per heavy atom. The van der Waals surface area contributed by atoms with Crippen molar-refractivity contribution in [1.29, 1.82) is 0 Å². The van der Waals surface area contributed by atoms with Crippen molar-refractivity contribution < 1.29 is 194 Å². The molecule has 3 rings (SSSR count). The molecule has 26 heavy (non-hydrogen) atoms. The molecule has 3 heterocycles. The fourth-order valence-corrected chi connectivity index (χ4v) is 3.65. The van der Waals surface area contributed by atoms with Gasteiger partial charge in [-0.3, -0.25) is 0 Å². The Labute approximate surface area is 311 Å². The summed E-state index contributed by atoms with van der Waals surface area (Å²) in [5.41, 5.74) is 0. The minimum atomic E-state index is 0. The number of nitrogens with one attached hydrogen (secondary N) is 3. The van der Waals surface area contributed by atoms with Crippen molar-refractivity contribution in [3.05, 3.63) is 0 Å². The van der Waals surface area contributed by atoms with Gasteiger partial charge in [0, 0.05) is 12.8 Å². The third-order valence-corrected chi connectivity index (χ3v) is 5.57. The second-order valence-electron chi connectivity index (χ2n) is 7.19. The first-order valence-corrected chi connectivity index (χ1v) is 10.4. The van der Waals surface area contributed by atoms with Crippen LogP contribution in [0, 0.1) is 0 Å². The van der Waals surface area contributed by atoms with E-state index < -0.39 is 0 Å². The molecule has 0 amide bonds. The van der Waals surface area contributed by atoms with E-state index in [0.29, 0.717) is 0 Å². The van der Waals surface area contributed by atoms with Crippen LogP contribution in [0.5, 0.6) is 0 Å². The van der Waals surface area contributed by atoms with Crippen LogP contribution in [-0.2, 0) is 4.74 Å². The summed E-state index contributed by atoms with van der Waals surface area (Å²) in [5.74, 6) is 0. The summed E-state index contributed by atoms with van der Waals surface area (Å²) in [6.07, 6.45) is 7.32. The average molecular weight is 587 g/mol. The molecule has 0 spiro atoms. The number of quaternary nitrogens is 3. The van der Waals surface area contributed by atoms with Crippen LogP contribution in [0.3, 0.4) is 0 Å². The molecule has 3 saturated heterocycles. The van der Waals surface area contributed by atoms with Crippen molar-refractivity contribution in [1.82, 2.24) is 0 Å². The number of piperidine rings is 1. The maximum Gasteiger partial charge on any atom is 1.00 e. The summed E-state index contributed by atoms with van der Waals surface area (Å²) < 4.78 is 5.18. The molecule has 4 nitrogen and oxygen atoms in total. The Bertz CT molecular complexity index is 240. The normalized spacial score (nSPS) is 20.9. The Kier molecular flexibility index (Phi) is 36.5. The summed E-state index contributed by atoms with van der Waals surface area (Å²) in [6, 6.07) is 0. The molecule has 138 valence electrons. The zero-order chi connectivity index (χ0) is 16.8. The molecule has 0 bridgehead atoms. The van der Waals surface area contributed by atoms with Gasteiger partial charge in [-0.25, -0.2) is 0 Å². The Hall–Kier alpha value is 5.26. The van der Waals surface area contributed by atoms with Gasteiger partial charge in [0.25, 0.3) is 0 Å². The van der Waals surface area contributed by atoms with Crippen molar-refractivity contribution >= 4 is 0 Å². The fourth-order valence-electron chi connectivity index (χ4n) is 3.65. The maximum absolute atomic E-state index is 5.18. The quantitative estimate of drug-likeness (QED) is 0.301. The number of morpholine rings is 1. The van der Waals surface area contributed by atoms with Gasteiger partial charge in [0.2, 0.25) is 0 Å². The second kappa shape index (κ2) is 26.5. The molecule has 3 aliphatic rings. The van der Waals surface area contributed by atoms with E-state index in [1.165, 1.54) is 91.0 Å². The average Bonchev–Trinajstić information content (AvgIpc) is 3.18. The van der Waals surface area contributed by atoms with E-state index in [-0.39, 0.29) is 175 Å². The molecule has 0 saturated carbocycles. The number of likely N-dealkylation sites (tertiary alicyclic amines) is 2. The third kappa shape index (κ3) is 19.9. The van der Waals surface area contributed by atoms with Crippen molar-refractivity contribution in [2.75, 3.05) is 72.1 Å². The smallest absolute Gasteiger partial charge is 0.370 e. The van der Waals surface area contributed by atoms with Gasteiger partial charge in [-0.2, -0.15) is 0 Å². The van der Waals surface area contributed by atoms with Gasteiger partial charge < -0.3 is 19.4 Å². The first-order chi connectivity index (χ1) is 11.3. The molecule has 0 aromatic heterocycles. The summed E-state index contributed by atoms with van der Waals surface area (Å²) in [4.78, 5) is 5.27. The van der Waals surface area contributed by atoms with Gasteiger partial charge in [0.1, 0.15) is 13.1 Å². The van der Waals surface area contributed by atoms with Gasteiger partial charge >= 0.3 is 175 Å². The van der Waals surface area contributed by atoms with E-state index in [9.17, 15) is 0 Å². The third-order valence-electron chi connectivity index (χ3n) is 5.57. The van der Waals surface area contributed by atoms with Crippen LogP contribution in [0.2, 0.25) is 0 Å². The largest absolute Gasteiger partial charge is 1.00 e. The molecule has 3 aliphatic heterocycles. The van der Waals surface area contributed by atoms with Crippen LogP contribution in [0.1, 0.15) is 52.9 Å². The minimum Gasteiger partial charge on any atom is -0.370 e. The van der Waals surface area contributed by atoms with Crippen LogP contribution in [0.15, 0.2) is 0 Å². The number of hydrogen-bond acceptors (Lipinski definition) is 1. The Balaban J connectivity index is -0.000000289. The Morgan fingerprint density at radius 3 is 1.08 bits per heavy atom. The zero-order valence-electron chi connectivity index (χ0n) is 19.2. The second-order valence-corrected chi connectivity index (χ2v) is 7.19. The predicted molar refractivity (Wildman–Crippen MR) is 97.6 cm³/mol. The summed E-state index contributed by atoms with van der Waals surface area (Å²) >= 11 is 0. The number of hydrogen-bond donors (Lipinski definition) is 3. The van der Waals surface area contributed by atoms with E-state index in [0.717, 1.165) is 13.2 Å². The molecule has 0 aliphatic carbocycles. The molecular formula is C19H44N3ORb3+6. The van der Waals surface area contributed by atoms with Crippen LogP contribution in [-0.4, -0.2) is 72.1 Å². The molecule has 0 aromatic carbocycles. The zero-order valence-corrected chi connectivity index (χ0v) is 34.0. The van der Waals surface area contributed by atoms with E-state index in [2.05, 4.69) is 20.8 Å². The maximum atomic E-state index is 5.18. The van der Waals surface area contributed by atoms with E-state index in [4.69, 9.17) is 4.74 Å². The summed E-state index contributed by atoms with van der Waals surface area (Å²) in [6.45, 7) is 20.7. The molecule has 0 radical (unpaired) electrons. The molecular weight excluding hydrogens is 543 g/mol. The van der Waals surface area contributed by atoms with Gasteiger partial charge in [-0.1, -0.05) is 0 Å². The van der Waals surface area contributed by atoms with Crippen molar-refractivity contribution in [2.45, 2.75) is 52.9 Å². The van der Waals surface area contributed by atoms with Gasteiger partial charge in [0.15, 0.2) is 0 Å². The van der Waals surface area contributed by atoms with Crippen molar-refractivity contribution in [3.8, 4) is 0 Å². The van der Waals surface area contributed by atoms with Gasteiger partial charge in [-0.15, -0.1) is 0 Å². The van der Waals surface area contributed by atoms with Crippen LogP contribution < -0.4 is 189 Å². The first-order valence-electron chi connectivity index (χ1n) is 10.4. The van der Waals surface area contributed by atoms with Gasteiger partial charge in [-0.05, 0) is 40.0 Å². The molecule has 0 unspecified atom stereocenters. The molecule has 3 fully saturated rings. The predicted octanol–water partition coefficient (Wildman–Crippen LogP) is -10.3. The number of likely N-dealkylation sites (N-methyl/N-ethyl adjacent to an activating group) is 1. The van der Waals surface area contributed by atoms with E-state index in [1.54, 1.807) is 14.7 Å². The van der Waals surface area contributed by atoms with Gasteiger partial charge in [0.05, 0.1) is 59.0 Å². The van der Waals surface area contributed by atoms with E-state index in [1.807, 2.05) is 0 Å². The topological polar surface area (TPSA) is 22.6 Å². The molecule has 0 aromatic rings. The Morgan fingerprint density at radius 2 is 0.808 bits per heavy atom. The number of ether oxygens (including phenoxy) is 1. The van der Waals surface area contributed by atoms with Crippen LogP contribution in [0.25, 0.3) is 0 Å². The minimum absolute atomic E-state index is 0.